The average molecular weight is 257 g/mol. The highest BCUT2D eigenvalue weighted by atomic mass is 32.2. The van der Waals surface area contributed by atoms with Crippen molar-refractivity contribution in [1.29, 1.82) is 0 Å². The minimum absolute atomic E-state index is 0.251. The molecule has 18 heavy (non-hydrogen) atoms. The van der Waals surface area contributed by atoms with Gasteiger partial charge in [0.2, 0.25) is 5.95 Å². The lowest BCUT2D eigenvalue weighted by molar-refractivity contribution is 1.08. The second kappa shape index (κ2) is 4.30. The van der Waals surface area contributed by atoms with Crippen LogP contribution in [0, 0.1) is 6.92 Å². The number of benzene rings is 1. The summed E-state index contributed by atoms with van der Waals surface area (Å²) >= 11 is 1.55. The monoisotopic (exact) mass is 257 g/mol. The Balaban J connectivity index is 2.03. The molecule has 0 spiro atoms. The Kier molecular flexibility index (Phi) is 2.64. The summed E-state index contributed by atoms with van der Waals surface area (Å²) in [5, 5.41) is 8.46. The number of anilines is 1. The summed E-state index contributed by atoms with van der Waals surface area (Å²) in [6.07, 6.45) is 1.71. The van der Waals surface area contributed by atoms with Crippen LogP contribution >= 0.6 is 11.8 Å². The van der Waals surface area contributed by atoms with Gasteiger partial charge in [0, 0.05) is 4.90 Å². The minimum Gasteiger partial charge on any atom is -0.368 e. The van der Waals surface area contributed by atoms with E-state index in [1.54, 1.807) is 18.0 Å². The first-order valence-corrected chi connectivity index (χ1v) is 6.25. The number of hydrogen-bond donors (Lipinski definition) is 2. The number of aryl methyl sites for hydroxylation is 1. The van der Waals surface area contributed by atoms with Crippen molar-refractivity contribution in [3.05, 3.63) is 36.0 Å². The van der Waals surface area contributed by atoms with Crippen LogP contribution in [0.3, 0.4) is 0 Å². The van der Waals surface area contributed by atoms with E-state index in [1.807, 2.05) is 0 Å². The normalized spacial score (nSPS) is 10.9. The van der Waals surface area contributed by atoms with Crippen molar-refractivity contribution in [2.45, 2.75) is 16.8 Å². The van der Waals surface area contributed by atoms with Gasteiger partial charge in [-0.1, -0.05) is 29.5 Å². The number of nitrogens with two attached hydrogens (primary N) is 1. The lowest BCUT2D eigenvalue weighted by Crippen LogP contribution is -1.96. The molecule has 3 aromatic rings. The smallest absolute Gasteiger partial charge is 0.223 e. The van der Waals surface area contributed by atoms with Crippen LogP contribution in [0.25, 0.3) is 11.0 Å². The molecule has 0 saturated heterocycles. The Morgan fingerprint density at radius 3 is 2.72 bits per heavy atom. The second-order valence-corrected chi connectivity index (χ2v) is 5.00. The second-order valence-electron chi connectivity index (χ2n) is 3.93. The number of nitrogens with one attached hydrogen (secondary N) is 1. The summed E-state index contributed by atoms with van der Waals surface area (Å²) < 4.78 is 0. The maximum atomic E-state index is 5.68. The van der Waals surface area contributed by atoms with Crippen molar-refractivity contribution >= 4 is 28.7 Å². The lowest BCUT2D eigenvalue weighted by atomic mass is 10.2. The number of aromatic nitrogens is 4. The molecule has 0 amide bonds. The molecule has 0 aliphatic heterocycles. The van der Waals surface area contributed by atoms with Gasteiger partial charge in [-0.2, -0.15) is 10.1 Å². The van der Waals surface area contributed by atoms with Gasteiger partial charge in [-0.05, 0) is 19.1 Å². The number of rotatable bonds is 2. The van der Waals surface area contributed by atoms with Crippen LogP contribution in [0.5, 0.6) is 0 Å². The molecule has 0 unspecified atom stereocenters. The zero-order valence-electron chi connectivity index (χ0n) is 9.71. The van der Waals surface area contributed by atoms with Gasteiger partial charge in [0.05, 0.1) is 11.6 Å². The molecule has 2 aromatic heterocycles. The van der Waals surface area contributed by atoms with Crippen molar-refractivity contribution < 1.29 is 0 Å². The summed E-state index contributed by atoms with van der Waals surface area (Å²) in [6.45, 7) is 2.06. The van der Waals surface area contributed by atoms with Crippen LogP contribution in [0.1, 0.15) is 5.56 Å². The SMILES string of the molecule is Cc1ccc(Sc2nc(N)nc3[nH]ncc23)cc1. The maximum Gasteiger partial charge on any atom is 0.223 e. The molecule has 0 atom stereocenters. The Labute approximate surface area is 108 Å². The quantitative estimate of drug-likeness (QED) is 0.689. The van der Waals surface area contributed by atoms with Crippen molar-refractivity contribution in [3.8, 4) is 0 Å². The van der Waals surface area contributed by atoms with Gasteiger partial charge in [0.25, 0.3) is 0 Å². The predicted molar refractivity (Wildman–Crippen MR) is 71.4 cm³/mol. The van der Waals surface area contributed by atoms with Gasteiger partial charge in [0.1, 0.15) is 5.03 Å². The standard InChI is InChI=1S/C12H11N5S/c1-7-2-4-8(5-3-7)18-11-9-6-14-17-10(9)15-12(13)16-11/h2-6H,1H3,(H3,13,14,15,16,17). The molecule has 1 aromatic carbocycles. The van der Waals surface area contributed by atoms with Gasteiger partial charge in [-0.25, -0.2) is 4.98 Å². The van der Waals surface area contributed by atoms with Crippen LogP contribution in [-0.4, -0.2) is 20.2 Å². The fourth-order valence-electron chi connectivity index (χ4n) is 1.62. The fourth-order valence-corrected chi connectivity index (χ4v) is 2.51. The van der Waals surface area contributed by atoms with E-state index >= 15 is 0 Å². The minimum atomic E-state index is 0.251. The van der Waals surface area contributed by atoms with Crippen molar-refractivity contribution in [2.24, 2.45) is 0 Å². The molecular weight excluding hydrogens is 246 g/mol. The molecule has 3 rings (SSSR count). The van der Waals surface area contributed by atoms with Crippen LogP contribution in [0.4, 0.5) is 5.95 Å². The Morgan fingerprint density at radius 2 is 1.94 bits per heavy atom. The van der Waals surface area contributed by atoms with Crippen molar-refractivity contribution in [1.82, 2.24) is 20.2 Å². The fraction of sp³-hybridized carbons (Fsp3) is 0.0833. The molecule has 0 saturated carbocycles. The van der Waals surface area contributed by atoms with E-state index in [0.717, 1.165) is 15.3 Å². The van der Waals surface area contributed by atoms with E-state index in [9.17, 15) is 0 Å². The van der Waals surface area contributed by atoms with E-state index in [4.69, 9.17) is 5.73 Å². The van der Waals surface area contributed by atoms with Gasteiger partial charge in [-0.3, -0.25) is 5.10 Å². The Bertz CT molecular complexity index is 689. The maximum absolute atomic E-state index is 5.68. The van der Waals surface area contributed by atoms with E-state index < -0.39 is 0 Å². The van der Waals surface area contributed by atoms with Crippen molar-refractivity contribution in [3.63, 3.8) is 0 Å². The number of hydrogen-bond acceptors (Lipinski definition) is 5. The molecule has 0 radical (unpaired) electrons. The van der Waals surface area contributed by atoms with Crippen LogP contribution in [0.2, 0.25) is 0 Å². The van der Waals surface area contributed by atoms with Crippen LogP contribution < -0.4 is 5.73 Å². The van der Waals surface area contributed by atoms with E-state index in [0.29, 0.717) is 5.65 Å². The third kappa shape index (κ3) is 2.02. The highest BCUT2D eigenvalue weighted by Crippen LogP contribution is 2.31. The summed E-state index contributed by atoms with van der Waals surface area (Å²) in [4.78, 5) is 9.46. The molecule has 0 aliphatic carbocycles. The summed E-state index contributed by atoms with van der Waals surface area (Å²) in [7, 11) is 0. The molecule has 3 N–H and O–H groups in total. The van der Waals surface area contributed by atoms with E-state index in [2.05, 4.69) is 51.4 Å². The predicted octanol–water partition coefficient (Wildman–Crippen LogP) is 2.39. The largest absolute Gasteiger partial charge is 0.368 e. The molecular formula is C12H11N5S. The summed E-state index contributed by atoms with van der Waals surface area (Å²) in [6, 6.07) is 8.26. The first-order valence-electron chi connectivity index (χ1n) is 5.43. The zero-order valence-corrected chi connectivity index (χ0v) is 10.5. The highest BCUT2D eigenvalue weighted by molar-refractivity contribution is 7.99. The van der Waals surface area contributed by atoms with Crippen LogP contribution in [0.15, 0.2) is 40.4 Å². The molecule has 5 nitrogen and oxygen atoms in total. The number of H-pyrrole nitrogens is 1. The number of nitrogens with zero attached hydrogens (tertiary/aromatic N) is 3. The van der Waals surface area contributed by atoms with Gasteiger partial charge >= 0.3 is 0 Å². The first-order chi connectivity index (χ1) is 8.72. The third-order valence-electron chi connectivity index (χ3n) is 2.53. The van der Waals surface area contributed by atoms with Gasteiger partial charge in [-0.15, -0.1) is 0 Å². The van der Waals surface area contributed by atoms with Crippen molar-refractivity contribution in [2.75, 3.05) is 5.73 Å². The molecule has 2 heterocycles. The van der Waals surface area contributed by atoms with E-state index in [-0.39, 0.29) is 5.95 Å². The van der Waals surface area contributed by atoms with Gasteiger partial charge in [0.15, 0.2) is 5.65 Å². The Morgan fingerprint density at radius 1 is 1.17 bits per heavy atom. The molecule has 90 valence electrons. The third-order valence-corrected chi connectivity index (χ3v) is 3.54. The number of aromatic amines is 1. The average Bonchev–Trinajstić information content (AvgIpc) is 2.80. The summed E-state index contributed by atoms with van der Waals surface area (Å²) in [5.41, 5.74) is 7.57. The van der Waals surface area contributed by atoms with Gasteiger partial charge < -0.3 is 5.73 Å². The van der Waals surface area contributed by atoms with Crippen LogP contribution in [-0.2, 0) is 0 Å². The highest BCUT2D eigenvalue weighted by Gasteiger charge is 2.09. The number of nitrogen functional groups attached to an aromatic ring is 1. The summed E-state index contributed by atoms with van der Waals surface area (Å²) in [5.74, 6) is 0.251. The molecule has 0 aliphatic rings. The molecule has 0 fully saturated rings. The first kappa shape index (κ1) is 11.0. The lowest BCUT2D eigenvalue weighted by Gasteiger charge is -2.03. The van der Waals surface area contributed by atoms with E-state index in [1.165, 1.54) is 5.56 Å². The zero-order chi connectivity index (χ0) is 12.5. The number of fused-ring (bicyclic) bond motifs is 1. The topological polar surface area (TPSA) is 80.5 Å². The Hall–Kier alpha value is -2.08. The molecule has 6 heteroatoms. The molecule has 0 bridgehead atoms.